The van der Waals surface area contributed by atoms with Crippen LogP contribution in [0.2, 0.25) is 10.0 Å². The first kappa shape index (κ1) is 13.9. The fourth-order valence-corrected chi connectivity index (χ4v) is 2.13. The Balaban J connectivity index is 2.09. The minimum Gasteiger partial charge on any atom is -0.457 e. The van der Waals surface area contributed by atoms with Crippen molar-refractivity contribution in [1.82, 2.24) is 5.16 Å². The van der Waals surface area contributed by atoms with E-state index in [-0.39, 0.29) is 6.61 Å². The number of halogens is 2. The highest BCUT2D eigenvalue weighted by Gasteiger charge is 2.14. The normalized spacial score (nSPS) is 10.5. The second-order valence-electron chi connectivity index (χ2n) is 4.04. The zero-order valence-corrected chi connectivity index (χ0v) is 11.9. The zero-order chi connectivity index (χ0) is 14.0. The molecule has 0 aliphatic carbocycles. The predicted octanol–water partition coefficient (Wildman–Crippen LogP) is 3.96. The quantitative estimate of drug-likeness (QED) is 0.805. The summed E-state index contributed by atoms with van der Waals surface area (Å²) < 4.78 is 10.2. The van der Waals surface area contributed by atoms with Crippen LogP contribution in [0.1, 0.15) is 27.4 Å². The van der Waals surface area contributed by atoms with Gasteiger partial charge in [0.1, 0.15) is 12.4 Å². The van der Waals surface area contributed by atoms with Gasteiger partial charge in [0.2, 0.25) is 0 Å². The molecule has 0 amide bonds. The van der Waals surface area contributed by atoms with Gasteiger partial charge in [-0.1, -0.05) is 28.4 Å². The zero-order valence-electron chi connectivity index (χ0n) is 10.4. The largest absolute Gasteiger partial charge is 0.457 e. The van der Waals surface area contributed by atoms with E-state index in [9.17, 15) is 4.79 Å². The van der Waals surface area contributed by atoms with Gasteiger partial charge in [0.15, 0.2) is 0 Å². The van der Waals surface area contributed by atoms with Gasteiger partial charge in [-0.25, -0.2) is 4.79 Å². The Morgan fingerprint density at radius 3 is 2.42 bits per heavy atom. The van der Waals surface area contributed by atoms with Crippen LogP contribution in [-0.2, 0) is 11.3 Å². The Morgan fingerprint density at radius 2 is 1.89 bits per heavy atom. The highest BCUT2D eigenvalue weighted by atomic mass is 35.5. The summed E-state index contributed by atoms with van der Waals surface area (Å²) in [5, 5.41) is 4.56. The third-order valence-electron chi connectivity index (χ3n) is 2.63. The Morgan fingerprint density at radius 1 is 1.26 bits per heavy atom. The summed E-state index contributed by atoms with van der Waals surface area (Å²) in [4.78, 5) is 11.9. The molecule has 0 radical (unpaired) electrons. The Hall–Kier alpha value is -1.52. The van der Waals surface area contributed by atoms with Gasteiger partial charge in [0.25, 0.3) is 0 Å². The second-order valence-corrected chi connectivity index (χ2v) is 4.91. The summed E-state index contributed by atoms with van der Waals surface area (Å²) in [6.07, 6.45) is 0. The van der Waals surface area contributed by atoms with E-state index in [0.29, 0.717) is 27.1 Å². The number of rotatable bonds is 3. The minimum atomic E-state index is -0.496. The van der Waals surface area contributed by atoms with E-state index < -0.39 is 5.97 Å². The van der Waals surface area contributed by atoms with Crippen molar-refractivity contribution in [3.63, 3.8) is 0 Å². The van der Waals surface area contributed by atoms with Gasteiger partial charge in [-0.05, 0) is 32.0 Å². The third-order valence-corrected chi connectivity index (χ3v) is 3.06. The van der Waals surface area contributed by atoms with E-state index in [4.69, 9.17) is 32.5 Å². The first-order valence-corrected chi connectivity index (χ1v) is 6.28. The summed E-state index contributed by atoms with van der Waals surface area (Å²) in [6.45, 7) is 3.65. The predicted molar refractivity (Wildman–Crippen MR) is 71.6 cm³/mol. The molecule has 0 spiro atoms. The van der Waals surface area contributed by atoms with Crippen molar-refractivity contribution in [2.75, 3.05) is 0 Å². The molecule has 0 saturated heterocycles. The molecule has 2 rings (SSSR count). The monoisotopic (exact) mass is 299 g/mol. The lowest BCUT2D eigenvalue weighted by molar-refractivity contribution is 0.0471. The lowest BCUT2D eigenvalue weighted by Gasteiger charge is -2.05. The molecular formula is C13H11Cl2NO3. The van der Waals surface area contributed by atoms with Crippen molar-refractivity contribution >= 4 is 29.2 Å². The first-order valence-electron chi connectivity index (χ1n) is 5.52. The summed E-state index contributed by atoms with van der Waals surface area (Å²) in [6, 6.07) is 4.56. The van der Waals surface area contributed by atoms with Gasteiger partial charge in [-0.15, -0.1) is 0 Å². The molecule has 4 nitrogen and oxygen atoms in total. The smallest absolute Gasteiger partial charge is 0.338 e. The van der Waals surface area contributed by atoms with Gasteiger partial charge in [-0.2, -0.15) is 0 Å². The van der Waals surface area contributed by atoms with Crippen LogP contribution < -0.4 is 0 Å². The molecule has 100 valence electrons. The minimum absolute atomic E-state index is 0.101. The number of hydrogen-bond donors (Lipinski definition) is 0. The number of aryl methyl sites for hydroxylation is 2. The van der Waals surface area contributed by atoms with Crippen molar-refractivity contribution in [3.8, 4) is 0 Å². The lowest BCUT2D eigenvalue weighted by Crippen LogP contribution is -2.06. The van der Waals surface area contributed by atoms with Crippen LogP contribution in [0.4, 0.5) is 0 Å². The van der Waals surface area contributed by atoms with Gasteiger partial charge in [0.05, 0.1) is 16.8 Å². The van der Waals surface area contributed by atoms with Gasteiger partial charge < -0.3 is 9.26 Å². The second kappa shape index (κ2) is 5.63. The van der Waals surface area contributed by atoms with Gasteiger partial charge in [-0.3, -0.25) is 0 Å². The van der Waals surface area contributed by atoms with E-state index in [0.717, 1.165) is 5.56 Å². The van der Waals surface area contributed by atoms with Crippen molar-refractivity contribution in [1.29, 1.82) is 0 Å². The Bertz CT molecular complexity index is 583. The number of aromatic nitrogens is 1. The van der Waals surface area contributed by atoms with Crippen LogP contribution in [0.3, 0.4) is 0 Å². The maximum atomic E-state index is 11.9. The summed E-state index contributed by atoms with van der Waals surface area (Å²) in [5.74, 6) is 0.138. The molecule has 2 aromatic rings. The maximum absolute atomic E-state index is 11.9. The van der Waals surface area contributed by atoms with E-state index in [1.165, 1.54) is 12.1 Å². The first-order chi connectivity index (χ1) is 8.97. The fraction of sp³-hybridized carbons (Fsp3) is 0.231. The van der Waals surface area contributed by atoms with Crippen LogP contribution in [0.5, 0.6) is 0 Å². The molecule has 0 bridgehead atoms. The highest BCUT2D eigenvalue weighted by molar-refractivity contribution is 6.35. The highest BCUT2D eigenvalue weighted by Crippen LogP contribution is 2.20. The van der Waals surface area contributed by atoms with Crippen molar-refractivity contribution in [3.05, 3.63) is 50.8 Å². The molecule has 0 aliphatic rings. The summed E-state index contributed by atoms with van der Waals surface area (Å²) in [5.41, 5.74) is 1.78. The molecule has 0 fully saturated rings. The molecule has 0 aliphatic heterocycles. The molecule has 6 heteroatoms. The Labute approximate surface area is 120 Å². The van der Waals surface area contributed by atoms with Crippen molar-refractivity contribution in [2.24, 2.45) is 0 Å². The molecule has 1 aromatic heterocycles. The van der Waals surface area contributed by atoms with E-state index in [1.807, 2.05) is 0 Å². The number of carbonyl (C=O) groups is 1. The number of benzene rings is 1. The standard InChI is InChI=1S/C13H11Cl2NO3/c1-7-12(8(2)19-16-7)6-18-13(17)9-3-10(14)5-11(15)4-9/h3-5H,6H2,1-2H3. The van der Waals surface area contributed by atoms with Crippen molar-refractivity contribution < 1.29 is 14.1 Å². The van der Waals surface area contributed by atoms with Crippen LogP contribution in [0, 0.1) is 13.8 Å². The van der Waals surface area contributed by atoms with Crippen LogP contribution in [-0.4, -0.2) is 11.1 Å². The molecule has 0 unspecified atom stereocenters. The van der Waals surface area contributed by atoms with E-state index in [1.54, 1.807) is 19.9 Å². The lowest BCUT2D eigenvalue weighted by atomic mass is 10.2. The molecule has 1 aromatic carbocycles. The number of carbonyl (C=O) groups excluding carboxylic acids is 1. The number of ether oxygens (including phenoxy) is 1. The number of hydrogen-bond acceptors (Lipinski definition) is 4. The topological polar surface area (TPSA) is 52.3 Å². The number of nitrogens with zero attached hydrogens (tertiary/aromatic N) is 1. The SMILES string of the molecule is Cc1noc(C)c1COC(=O)c1cc(Cl)cc(Cl)c1. The van der Waals surface area contributed by atoms with Crippen molar-refractivity contribution in [2.45, 2.75) is 20.5 Å². The third kappa shape index (κ3) is 3.28. The summed E-state index contributed by atoms with van der Waals surface area (Å²) >= 11 is 11.7. The van der Waals surface area contributed by atoms with Crippen LogP contribution >= 0.6 is 23.2 Å². The molecule has 1 heterocycles. The van der Waals surface area contributed by atoms with E-state index >= 15 is 0 Å². The average Bonchev–Trinajstić information content (AvgIpc) is 2.65. The molecule has 0 atom stereocenters. The maximum Gasteiger partial charge on any atom is 0.338 e. The molecular weight excluding hydrogens is 289 g/mol. The van der Waals surface area contributed by atoms with Gasteiger partial charge in [0, 0.05) is 10.0 Å². The Kier molecular flexibility index (Phi) is 4.12. The number of esters is 1. The van der Waals surface area contributed by atoms with Gasteiger partial charge >= 0.3 is 5.97 Å². The van der Waals surface area contributed by atoms with Crippen LogP contribution in [0.15, 0.2) is 22.7 Å². The molecule has 19 heavy (non-hydrogen) atoms. The van der Waals surface area contributed by atoms with Crippen LogP contribution in [0.25, 0.3) is 0 Å². The average molecular weight is 300 g/mol. The molecule has 0 N–H and O–H groups in total. The summed E-state index contributed by atoms with van der Waals surface area (Å²) in [7, 11) is 0. The fourth-order valence-electron chi connectivity index (χ4n) is 1.60. The van der Waals surface area contributed by atoms with E-state index in [2.05, 4.69) is 5.16 Å². The molecule has 0 saturated carbocycles.